The molecule has 0 radical (unpaired) electrons. The number of hydrogen-bond donors (Lipinski definition) is 0. The number of aryl methyl sites for hydroxylation is 1. The van der Waals surface area contributed by atoms with Gasteiger partial charge in [0.15, 0.2) is 0 Å². The van der Waals surface area contributed by atoms with Crippen LogP contribution in [0.2, 0.25) is 5.02 Å². The van der Waals surface area contributed by atoms with Crippen LogP contribution in [0.1, 0.15) is 138 Å². The van der Waals surface area contributed by atoms with Gasteiger partial charge in [-0.3, -0.25) is 24.9 Å². The van der Waals surface area contributed by atoms with Crippen LogP contribution in [0.4, 0.5) is 0 Å². The van der Waals surface area contributed by atoms with Crippen LogP contribution < -0.4 is 0 Å². The quantitative estimate of drug-likeness (QED) is 0.159. The number of halogens is 1. The van der Waals surface area contributed by atoms with Gasteiger partial charge in [-0.05, 0) is 53.8 Å². The zero-order valence-electron chi connectivity index (χ0n) is 35.0. The van der Waals surface area contributed by atoms with Gasteiger partial charge in [-0.25, -0.2) is 0 Å². The van der Waals surface area contributed by atoms with Crippen molar-refractivity contribution in [2.45, 2.75) is 138 Å². The third-order valence-electron chi connectivity index (χ3n) is 7.57. The number of pyridine rings is 3. The van der Waals surface area contributed by atoms with Crippen molar-refractivity contribution in [1.82, 2.24) is 24.9 Å². The van der Waals surface area contributed by atoms with Gasteiger partial charge in [0.2, 0.25) is 0 Å². The second-order valence-corrected chi connectivity index (χ2v) is 18.4. The molecule has 0 fully saturated rings. The number of hydrogen-bond acceptors (Lipinski definition) is 5. The van der Waals surface area contributed by atoms with Crippen LogP contribution in [0.25, 0.3) is 0 Å². The Morgan fingerprint density at radius 3 is 1.23 bits per heavy atom. The van der Waals surface area contributed by atoms with E-state index in [4.69, 9.17) is 11.6 Å². The van der Waals surface area contributed by atoms with Crippen LogP contribution in [-0.2, 0) is 27.1 Å². The van der Waals surface area contributed by atoms with Gasteiger partial charge in [-0.1, -0.05) is 158 Å². The van der Waals surface area contributed by atoms with Gasteiger partial charge in [0.25, 0.3) is 0 Å². The van der Waals surface area contributed by atoms with E-state index in [-0.39, 0.29) is 21.7 Å². The average molecular weight is 725 g/mol. The van der Waals surface area contributed by atoms with Crippen LogP contribution in [0, 0.1) is 6.92 Å². The highest BCUT2D eigenvalue weighted by Gasteiger charge is 2.16. The molecule has 0 N–H and O–H groups in total. The first kappa shape index (κ1) is 46.1. The van der Waals surface area contributed by atoms with Crippen LogP contribution in [0.3, 0.4) is 0 Å². The molecule has 0 spiro atoms. The Balaban J connectivity index is 0.000000325. The van der Waals surface area contributed by atoms with Crippen molar-refractivity contribution in [3.05, 3.63) is 149 Å². The normalized spacial score (nSPS) is 11.6. The average Bonchev–Trinajstić information content (AvgIpc) is 3.06. The summed E-state index contributed by atoms with van der Waals surface area (Å²) in [6.07, 6.45) is 10.7. The maximum Gasteiger partial charge on any atom is 0.0640 e. The van der Waals surface area contributed by atoms with Crippen LogP contribution >= 0.6 is 11.6 Å². The molecule has 5 nitrogen and oxygen atoms in total. The van der Waals surface area contributed by atoms with Gasteiger partial charge < -0.3 is 0 Å². The Kier molecular flexibility index (Phi) is 18.0. The van der Waals surface area contributed by atoms with E-state index in [2.05, 4.69) is 184 Å². The summed E-state index contributed by atoms with van der Waals surface area (Å²) in [6.45, 7) is 34.4. The van der Waals surface area contributed by atoms with Crippen LogP contribution in [0.15, 0.2) is 110 Å². The lowest BCUT2D eigenvalue weighted by atomic mass is 9.87. The lowest BCUT2D eigenvalue weighted by Gasteiger charge is -2.18. The van der Waals surface area contributed by atoms with Crippen molar-refractivity contribution in [2.75, 3.05) is 0 Å². The predicted octanol–water partition coefficient (Wildman–Crippen LogP) is 12.9. The third-order valence-corrected chi connectivity index (χ3v) is 7.81. The van der Waals surface area contributed by atoms with Crippen LogP contribution in [0.5, 0.6) is 0 Å². The molecule has 5 rings (SSSR count). The number of aromatic nitrogens is 5. The molecule has 1 aromatic carbocycles. The summed E-state index contributed by atoms with van der Waals surface area (Å²) < 4.78 is 0. The molecule has 4 aromatic heterocycles. The smallest absolute Gasteiger partial charge is 0.0640 e. The monoisotopic (exact) mass is 724 g/mol. The Morgan fingerprint density at radius 2 is 0.904 bits per heavy atom. The van der Waals surface area contributed by atoms with Gasteiger partial charge in [0.05, 0.1) is 5.69 Å². The van der Waals surface area contributed by atoms with Crippen molar-refractivity contribution < 1.29 is 0 Å². The molecular weight excluding hydrogens is 658 g/mol. The van der Waals surface area contributed by atoms with Gasteiger partial charge in [0.1, 0.15) is 0 Å². The molecule has 4 heterocycles. The molecule has 6 heteroatoms. The SMILES string of the molecule is CC(C)(C)c1cc(Cl)ccn1.CC(C)(C)c1ccccc1.CC(C)(C)c1ccccn1.CC(C)(C)c1cnccn1.Cc1ccc(C(C)(C)C)nc1. The fourth-order valence-corrected chi connectivity index (χ4v) is 4.32. The maximum absolute atomic E-state index is 5.81. The van der Waals surface area contributed by atoms with E-state index >= 15 is 0 Å². The summed E-state index contributed by atoms with van der Waals surface area (Å²) >= 11 is 5.81. The molecule has 0 amide bonds. The molecule has 0 aliphatic rings. The van der Waals surface area contributed by atoms with Crippen molar-refractivity contribution in [1.29, 1.82) is 0 Å². The molecule has 0 saturated carbocycles. The van der Waals surface area contributed by atoms with Gasteiger partial charge in [0, 0.05) is 80.9 Å². The fourth-order valence-electron chi connectivity index (χ4n) is 4.16. The Morgan fingerprint density at radius 1 is 0.404 bits per heavy atom. The molecule has 5 aromatic rings. The molecule has 52 heavy (non-hydrogen) atoms. The number of benzene rings is 1. The topological polar surface area (TPSA) is 64.5 Å². The largest absolute Gasteiger partial charge is 0.261 e. The first-order chi connectivity index (χ1) is 23.8. The maximum atomic E-state index is 5.81. The molecule has 0 aliphatic carbocycles. The minimum Gasteiger partial charge on any atom is -0.261 e. The Labute approximate surface area is 322 Å². The first-order valence-corrected chi connectivity index (χ1v) is 18.5. The standard InChI is InChI=1S/C10H15N.C10H14.C9H12ClN.C9H13N.C8H12N2/c1-8-5-6-9(11-7-8)10(2,3)4;1-10(2,3)9-7-5-4-6-8-9;1-9(2,3)8-6-7(10)4-5-11-8;1-9(2,3)8-6-4-5-7-10-8;1-8(2,3)7-6-9-4-5-10-7/h5-7H,1-4H3;4-8H,1-3H3;4-6H,1-3H3;4-7H,1-3H3;4-6H,1-3H3. The van der Waals surface area contributed by atoms with Crippen molar-refractivity contribution in [2.24, 2.45) is 0 Å². The Hall–Kier alpha value is -3.96. The molecule has 282 valence electrons. The molecule has 0 atom stereocenters. The summed E-state index contributed by atoms with van der Waals surface area (Å²) in [5.74, 6) is 0. The van der Waals surface area contributed by atoms with E-state index in [0.717, 1.165) is 27.8 Å². The van der Waals surface area contributed by atoms with Gasteiger partial charge in [-0.15, -0.1) is 0 Å². The second-order valence-electron chi connectivity index (χ2n) is 18.0. The minimum atomic E-state index is 0.0882. The van der Waals surface area contributed by atoms with Crippen molar-refractivity contribution in [3.8, 4) is 0 Å². The summed E-state index contributed by atoms with van der Waals surface area (Å²) in [7, 11) is 0. The number of nitrogens with zero attached hydrogens (tertiary/aromatic N) is 5. The van der Waals surface area contributed by atoms with Crippen LogP contribution in [-0.4, -0.2) is 24.9 Å². The number of rotatable bonds is 0. The zero-order valence-corrected chi connectivity index (χ0v) is 35.8. The van der Waals surface area contributed by atoms with Crippen molar-refractivity contribution >= 4 is 11.6 Å². The summed E-state index contributed by atoms with van der Waals surface area (Å²) in [5, 5.41) is 0.755. The predicted molar refractivity (Wildman–Crippen MR) is 224 cm³/mol. The van der Waals surface area contributed by atoms with E-state index in [0.29, 0.717) is 5.41 Å². The molecule has 0 aliphatic heterocycles. The van der Waals surface area contributed by atoms with E-state index in [1.165, 1.54) is 11.1 Å². The minimum absolute atomic E-state index is 0.0882. The van der Waals surface area contributed by atoms with Crippen molar-refractivity contribution in [3.63, 3.8) is 0 Å². The van der Waals surface area contributed by atoms with E-state index in [1.807, 2.05) is 30.6 Å². The molecule has 0 bridgehead atoms. The van der Waals surface area contributed by atoms with E-state index < -0.39 is 0 Å². The second kappa shape index (κ2) is 20.3. The molecular formula is C46H66ClN5. The Bertz CT molecular complexity index is 1550. The zero-order chi connectivity index (χ0) is 39.8. The fraction of sp³-hybridized carbons (Fsp3) is 0.457. The first-order valence-electron chi connectivity index (χ1n) is 18.1. The lowest BCUT2D eigenvalue weighted by Crippen LogP contribution is -2.13. The lowest BCUT2D eigenvalue weighted by molar-refractivity contribution is 0.565. The highest BCUT2D eigenvalue weighted by molar-refractivity contribution is 6.30. The summed E-state index contributed by atoms with van der Waals surface area (Å²) in [6, 6.07) is 24.5. The molecule has 0 unspecified atom stereocenters. The highest BCUT2D eigenvalue weighted by Crippen LogP contribution is 2.23. The van der Waals surface area contributed by atoms with E-state index in [9.17, 15) is 0 Å². The van der Waals surface area contributed by atoms with Gasteiger partial charge >= 0.3 is 0 Å². The summed E-state index contributed by atoms with van der Waals surface area (Å²) in [4.78, 5) is 21.0. The third kappa shape index (κ3) is 19.0. The molecule has 0 saturated heterocycles. The van der Waals surface area contributed by atoms with Gasteiger partial charge in [-0.2, -0.15) is 0 Å². The highest BCUT2D eigenvalue weighted by atomic mass is 35.5. The summed E-state index contributed by atoms with van der Waals surface area (Å²) in [5.41, 5.74) is 7.85. The van der Waals surface area contributed by atoms with E-state index in [1.54, 1.807) is 30.9 Å².